The smallest absolute Gasteiger partial charge is 0.272 e. The Hall–Kier alpha value is -1.95. The number of halogens is 1. The molecule has 0 atom stereocenters. The van der Waals surface area contributed by atoms with Crippen LogP contribution in [-0.2, 0) is 0 Å². The zero-order chi connectivity index (χ0) is 12.1. The number of aromatic amines is 1. The van der Waals surface area contributed by atoms with Crippen molar-refractivity contribution in [2.75, 3.05) is 0 Å². The number of aromatic nitrogens is 2. The Morgan fingerprint density at radius 2 is 2.41 bits per heavy atom. The van der Waals surface area contributed by atoms with Crippen molar-refractivity contribution in [1.82, 2.24) is 15.4 Å². The first-order valence-electron chi connectivity index (χ1n) is 4.83. The minimum Gasteiger partial charge on any atom is -0.360 e. The number of hydrazone groups is 1. The summed E-state index contributed by atoms with van der Waals surface area (Å²) < 4.78 is 0.632. The van der Waals surface area contributed by atoms with E-state index in [2.05, 4.69) is 36.4 Å². The number of rotatable bonds is 3. The van der Waals surface area contributed by atoms with E-state index in [0.717, 1.165) is 5.69 Å². The predicted octanol–water partition coefficient (Wildman–Crippen LogP) is 1.94. The van der Waals surface area contributed by atoms with Crippen LogP contribution in [0.3, 0.4) is 0 Å². The van der Waals surface area contributed by atoms with Gasteiger partial charge in [-0.25, -0.2) is 5.43 Å². The molecular weight excluding hydrogens is 284 g/mol. The van der Waals surface area contributed by atoms with Gasteiger partial charge >= 0.3 is 0 Å². The Balaban J connectivity index is 2.01. The summed E-state index contributed by atoms with van der Waals surface area (Å²) in [6.07, 6.45) is 6.42. The molecule has 1 amide bonds. The second kappa shape index (κ2) is 5.40. The molecule has 0 unspecified atom stereocenters. The number of hydrogen-bond acceptors (Lipinski definition) is 3. The summed E-state index contributed by atoms with van der Waals surface area (Å²) in [7, 11) is 0. The molecule has 0 fully saturated rings. The van der Waals surface area contributed by atoms with Gasteiger partial charge in [0, 0.05) is 23.1 Å². The highest BCUT2D eigenvalue weighted by Gasteiger charge is 2.07. The maximum atomic E-state index is 11.7. The lowest BCUT2D eigenvalue weighted by molar-refractivity contribution is 0.0954. The average Bonchev–Trinajstić information content (AvgIpc) is 2.82. The fourth-order valence-electron chi connectivity index (χ4n) is 1.20. The Morgan fingerprint density at radius 3 is 3.12 bits per heavy atom. The number of hydrogen-bond donors (Lipinski definition) is 2. The molecule has 2 heterocycles. The molecular formula is C11H9BrN4O. The van der Waals surface area contributed by atoms with Gasteiger partial charge < -0.3 is 4.98 Å². The van der Waals surface area contributed by atoms with Crippen molar-refractivity contribution < 1.29 is 4.79 Å². The molecule has 2 aromatic heterocycles. The largest absolute Gasteiger partial charge is 0.360 e. The summed E-state index contributed by atoms with van der Waals surface area (Å²) in [5, 5.41) is 3.83. The van der Waals surface area contributed by atoms with Crippen molar-refractivity contribution in [3.05, 3.63) is 52.5 Å². The minimum atomic E-state index is -0.290. The van der Waals surface area contributed by atoms with Gasteiger partial charge in [-0.2, -0.15) is 5.10 Å². The zero-order valence-electron chi connectivity index (χ0n) is 8.72. The van der Waals surface area contributed by atoms with Gasteiger partial charge in [-0.15, -0.1) is 0 Å². The Labute approximate surface area is 106 Å². The minimum absolute atomic E-state index is 0.290. The number of pyridine rings is 1. The molecule has 5 nitrogen and oxygen atoms in total. The number of H-pyrrole nitrogens is 1. The monoisotopic (exact) mass is 292 g/mol. The number of nitrogens with one attached hydrogen (secondary N) is 2. The summed E-state index contributed by atoms with van der Waals surface area (Å²) in [4.78, 5) is 18.5. The van der Waals surface area contributed by atoms with Crippen LogP contribution < -0.4 is 5.43 Å². The molecule has 0 spiro atoms. The molecule has 0 aromatic carbocycles. The van der Waals surface area contributed by atoms with Gasteiger partial charge in [-0.05, 0) is 34.1 Å². The summed E-state index contributed by atoms with van der Waals surface area (Å²) in [6.45, 7) is 0. The van der Waals surface area contributed by atoms with Crippen LogP contribution in [0.25, 0.3) is 0 Å². The van der Waals surface area contributed by atoms with Crippen molar-refractivity contribution in [2.45, 2.75) is 0 Å². The van der Waals surface area contributed by atoms with Gasteiger partial charge in [-0.1, -0.05) is 0 Å². The molecule has 17 heavy (non-hydrogen) atoms. The maximum absolute atomic E-state index is 11.7. The number of carbonyl (C=O) groups is 1. The quantitative estimate of drug-likeness (QED) is 0.670. The highest BCUT2D eigenvalue weighted by Crippen LogP contribution is 2.13. The fraction of sp³-hybridized carbons (Fsp3) is 0. The second-order valence-electron chi connectivity index (χ2n) is 3.18. The molecule has 0 radical (unpaired) electrons. The van der Waals surface area contributed by atoms with Gasteiger partial charge in [0.15, 0.2) is 0 Å². The lowest BCUT2D eigenvalue weighted by atomic mass is 10.2. The van der Waals surface area contributed by atoms with E-state index < -0.39 is 0 Å². The van der Waals surface area contributed by atoms with Crippen molar-refractivity contribution in [3.63, 3.8) is 0 Å². The molecule has 0 saturated heterocycles. The standard InChI is InChI=1S/C11H9BrN4O/c12-10-7-13-5-3-9(10)11(17)16-15-6-8-2-1-4-14-8/h1-7,14H,(H,16,17)/b15-6+. The third-order valence-electron chi connectivity index (χ3n) is 2.01. The zero-order valence-corrected chi connectivity index (χ0v) is 10.3. The van der Waals surface area contributed by atoms with E-state index in [1.807, 2.05) is 12.1 Å². The van der Waals surface area contributed by atoms with Crippen molar-refractivity contribution >= 4 is 28.1 Å². The van der Waals surface area contributed by atoms with Crippen LogP contribution in [0.4, 0.5) is 0 Å². The summed E-state index contributed by atoms with van der Waals surface area (Å²) >= 11 is 3.25. The Kier molecular flexibility index (Phi) is 3.66. The molecule has 0 bridgehead atoms. The van der Waals surface area contributed by atoms with Crippen LogP contribution in [-0.4, -0.2) is 22.1 Å². The van der Waals surface area contributed by atoms with E-state index in [1.165, 1.54) is 6.21 Å². The van der Waals surface area contributed by atoms with Gasteiger partial charge in [0.2, 0.25) is 0 Å². The highest BCUT2D eigenvalue weighted by molar-refractivity contribution is 9.10. The first-order chi connectivity index (χ1) is 8.27. The summed E-state index contributed by atoms with van der Waals surface area (Å²) in [5.74, 6) is -0.290. The molecule has 6 heteroatoms. The topological polar surface area (TPSA) is 70.1 Å². The predicted molar refractivity (Wildman–Crippen MR) is 67.8 cm³/mol. The second-order valence-corrected chi connectivity index (χ2v) is 4.03. The molecule has 2 aromatic rings. The van der Waals surface area contributed by atoms with E-state index >= 15 is 0 Å². The number of nitrogens with zero attached hydrogens (tertiary/aromatic N) is 2. The van der Waals surface area contributed by atoms with Crippen LogP contribution in [0.15, 0.2) is 46.4 Å². The molecule has 0 aliphatic carbocycles. The summed E-state index contributed by atoms with van der Waals surface area (Å²) in [6, 6.07) is 5.31. The van der Waals surface area contributed by atoms with Crippen LogP contribution in [0.1, 0.15) is 16.1 Å². The molecule has 0 aliphatic rings. The lowest BCUT2D eigenvalue weighted by Gasteiger charge is -2.00. The Morgan fingerprint density at radius 1 is 1.53 bits per heavy atom. The van der Waals surface area contributed by atoms with E-state index in [0.29, 0.717) is 10.0 Å². The van der Waals surface area contributed by atoms with Crippen LogP contribution in [0.2, 0.25) is 0 Å². The first-order valence-corrected chi connectivity index (χ1v) is 5.63. The van der Waals surface area contributed by atoms with Crippen molar-refractivity contribution in [3.8, 4) is 0 Å². The van der Waals surface area contributed by atoms with E-state index in [1.54, 1.807) is 24.7 Å². The SMILES string of the molecule is O=C(N/N=C/c1ccc[nH]1)c1ccncc1Br. The highest BCUT2D eigenvalue weighted by atomic mass is 79.9. The van der Waals surface area contributed by atoms with Crippen LogP contribution >= 0.6 is 15.9 Å². The van der Waals surface area contributed by atoms with Gasteiger partial charge in [-0.3, -0.25) is 9.78 Å². The number of amides is 1. The average molecular weight is 293 g/mol. The maximum Gasteiger partial charge on any atom is 0.272 e. The third kappa shape index (κ3) is 3.01. The number of carbonyl (C=O) groups excluding carboxylic acids is 1. The van der Waals surface area contributed by atoms with Crippen LogP contribution in [0.5, 0.6) is 0 Å². The van der Waals surface area contributed by atoms with Crippen molar-refractivity contribution in [1.29, 1.82) is 0 Å². The van der Waals surface area contributed by atoms with Gasteiger partial charge in [0.1, 0.15) is 0 Å². The normalized spacial score (nSPS) is 10.6. The Bertz CT molecular complexity index is 536. The molecule has 2 rings (SSSR count). The molecule has 0 saturated carbocycles. The first kappa shape index (κ1) is 11.5. The van der Waals surface area contributed by atoms with E-state index in [9.17, 15) is 4.79 Å². The third-order valence-corrected chi connectivity index (χ3v) is 2.64. The van der Waals surface area contributed by atoms with E-state index in [-0.39, 0.29) is 5.91 Å². The molecule has 86 valence electrons. The fourth-order valence-corrected chi connectivity index (χ4v) is 1.63. The van der Waals surface area contributed by atoms with E-state index in [4.69, 9.17) is 0 Å². The molecule has 2 N–H and O–H groups in total. The molecule has 0 aliphatic heterocycles. The van der Waals surface area contributed by atoms with Gasteiger partial charge in [0.05, 0.1) is 17.5 Å². The van der Waals surface area contributed by atoms with Gasteiger partial charge in [0.25, 0.3) is 5.91 Å². The lowest BCUT2D eigenvalue weighted by Crippen LogP contribution is -2.18. The summed E-state index contributed by atoms with van der Waals surface area (Å²) in [5.41, 5.74) is 3.74. The van der Waals surface area contributed by atoms with Crippen molar-refractivity contribution in [2.24, 2.45) is 5.10 Å². The van der Waals surface area contributed by atoms with Crippen LogP contribution in [0, 0.1) is 0 Å².